The molecule has 126 valence electrons. The number of alkyl halides is 1. The van der Waals surface area contributed by atoms with Crippen molar-refractivity contribution in [2.45, 2.75) is 55.8 Å². The summed E-state index contributed by atoms with van der Waals surface area (Å²) in [7, 11) is -4.13. The van der Waals surface area contributed by atoms with Gasteiger partial charge in [-0.25, -0.2) is 0 Å². The smallest absolute Gasteiger partial charge is 0.282 e. The van der Waals surface area contributed by atoms with Crippen molar-refractivity contribution < 1.29 is 13.0 Å². The summed E-state index contributed by atoms with van der Waals surface area (Å²) in [5.41, 5.74) is 1.13. The van der Waals surface area contributed by atoms with Gasteiger partial charge in [-0.2, -0.15) is 8.42 Å². The second-order valence-electron chi connectivity index (χ2n) is 6.99. The first-order valence-electron chi connectivity index (χ1n) is 7.72. The molecule has 1 aromatic rings. The molecular formula is C17H27IO3S. The molecule has 0 amide bonds. The van der Waals surface area contributed by atoms with Crippen molar-refractivity contribution in [2.24, 2.45) is 17.8 Å². The van der Waals surface area contributed by atoms with Crippen molar-refractivity contribution in [1.82, 2.24) is 0 Å². The van der Waals surface area contributed by atoms with Gasteiger partial charge in [-0.1, -0.05) is 69.3 Å². The van der Waals surface area contributed by atoms with Crippen molar-refractivity contribution in [3.8, 4) is 0 Å². The van der Waals surface area contributed by atoms with Crippen LogP contribution in [0.2, 0.25) is 0 Å². The van der Waals surface area contributed by atoms with E-state index in [1.165, 1.54) is 12.1 Å². The largest absolute Gasteiger partial charge is 0.294 e. The fourth-order valence-corrected chi connectivity index (χ4v) is 5.05. The maximum atomic E-state index is 11.2. The molecule has 1 rings (SSSR count). The van der Waals surface area contributed by atoms with Gasteiger partial charge >= 0.3 is 0 Å². The monoisotopic (exact) mass is 438 g/mol. The standard InChI is InChI=1S/C17H27IO3S/c1-12(2)10-17(18,11-14(5)13(3)4)15-6-8-16(9-7-15)22(19,20)21/h6-9,12-14H,10-11H2,1-5H3,(H,19,20,21). The second-order valence-corrected chi connectivity index (χ2v) is 10.5. The van der Waals surface area contributed by atoms with Gasteiger partial charge in [-0.3, -0.25) is 4.55 Å². The molecule has 3 nitrogen and oxygen atoms in total. The van der Waals surface area contributed by atoms with E-state index in [2.05, 4.69) is 57.2 Å². The summed E-state index contributed by atoms with van der Waals surface area (Å²) in [6, 6.07) is 6.67. The van der Waals surface area contributed by atoms with Gasteiger partial charge in [0.15, 0.2) is 0 Å². The van der Waals surface area contributed by atoms with E-state index >= 15 is 0 Å². The number of rotatable bonds is 7. The Hall–Kier alpha value is -0.140. The molecule has 2 unspecified atom stereocenters. The Kier molecular flexibility index (Phi) is 6.89. The summed E-state index contributed by atoms with van der Waals surface area (Å²) in [4.78, 5) is -0.0449. The Bertz CT molecular complexity index is 578. The van der Waals surface area contributed by atoms with E-state index in [4.69, 9.17) is 4.55 Å². The zero-order valence-corrected chi connectivity index (χ0v) is 17.0. The van der Waals surface area contributed by atoms with Crippen LogP contribution >= 0.6 is 22.6 Å². The maximum absolute atomic E-state index is 11.2. The lowest BCUT2D eigenvalue weighted by Gasteiger charge is -2.34. The minimum atomic E-state index is -4.13. The van der Waals surface area contributed by atoms with Crippen LogP contribution in [0, 0.1) is 17.8 Å². The third-order valence-electron chi connectivity index (χ3n) is 4.18. The quantitative estimate of drug-likeness (QED) is 0.358. The Balaban J connectivity index is 3.16. The van der Waals surface area contributed by atoms with Crippen molar-refractivity contribution >= 4 is 32.7 Å². The van der Waals surface area contributed by atoms with Crippen LogP contribution in [0.4, 0.5) is 0 Å². The van der Waals surface area contributed by atoms with Crippen molar-refractivity contribution in [1.29, 1.82) is 0 Å². The predicted molar refractivity (Wildman–Crippen MR) is 100 cm³/mol. The molecule has 0 radical (unpaired) electrons. The van der Waals surface area contributed by atoms with Crippen LogP contribution in [0.15, 0.2) is 29.2 Å². The Morgan fingerprint density at radius 2 is 1.55 bits per heavy atom. The molecule has 0 bridgehead atoms. The molecule has 1 N–H and O–H groups in total. The minimum Gasteiger partial charge on any atom is -0.282 e. The van der Waals surface area contributed by atoms with Crippen LogP contribution in [-0.2, 0) is 13.5 Å². The van der Waals surface area contributed by atoms with E-state index < -0.39 is 10.1 Å². The third kappa shape index (κ3) is 5.49. The maximum Gasteiger partial charge on any atom is 0.294 e. The van der Waals surface area contributed by atoms with Gasteiger partial charge < -0.3 is 0 Å². The summed E-state index contributed by atoms with van der Waals surface area (Å²) in [5.74, 6) is 1.74. The number of benzene rings is 1. The van der Waals surface area contributed by atoms with Gasteiger partial charge in [0.25, 0.3) is 10.1 Å². The zero-order valence-electron chi connectivity index (χ0n) is 14.0. The predicted octanol–water partition coefficient (Wildman–Crippen LogP) is 5.29. The summed E-state index contributed by atoms with van der Waals surface area (Å²) < 4.78 is 31.5. The molecule has 0 heterocycles. The van der Waals surface area contributed by atoms with E-state index in [-0.39, 0.29) is 8.32 Å². The van der Waals surface area contributed by atoms with Crippen LogP contribution < -0.4 is 0 Å². The first-order valence-corrected chi connectivity index (χ1v) is 10.2. The highest BCUT2D eigenvalue weighted by Gasteiger charge is 2.32. The van der Waals surface area contributed by atoms with Crippen LogP contribution in [-0.4, -0.2) is 13.0 Å². The first kappa shape index (κ1) is 19.9. The number of hydrogen-bond acceptors (Lipinski definition) is 2. The molecule has 0 saturated heterocycles. The summed E-state index contributed by atoms with van der Waals surface area (Å²) >= 11 is 2.53. The third-order valence-corrected chi connectivity index (χ3v) is 6.56. The normalized spacial score (nSPS) is 16.8. The zero-order chi connectivity index (χ0) is 17.1. The fraction of sp³-hybridized carbons (Fsp3) is 0.647. The highest BCUT2D eigenvalue weighted by molar-refractivity contribution is 14.1. The van der Waals surface area contributed by atoms with E-state index in [1.807, 2.05) is 12.1 Å². The molecule has 0 aliphatic rings. The van der Waals surface area contributed by atoms with Crippen molar-refractivity contribution in [3.05, 3.63) is 29.8 Å². The number of hydrogen-bond donors (Lipinski definition) is 1. The Morgan fingerprint density at radius 1 is 1.05 bits per heavy atom. The molecule has 0 aliphatic carbocycles. The van der Waals surface area contributed by atoms with E-state index in [1.54, 1.807) is 0 Å². The Morgan fingerprint density at radius 3 is 1.91 bits per heavy atom. The molecule has 22 heavy (non-hydrogen) atoms. The molecule has 0 aromatic heterocycles. The molecule has 1 aromatic carbocycles. The lowest BCUT2D eigenvalue weighted by Crippen LogP contribution is -2.25. The average molecular weight is 438 g/mol. The van der Waals surface area contributed by atoms with Gasteiger partial charge in [0.05, 0.1) is 4.90 Å². The summed E-state index contributed by atoms with van der Waals surface area (Å²) in [6.45, 7) is 11.2. The fourth-order valence-electron chi connectivity index (χ4n) is 2.64. The lowest BCUT2D eigenvalue weighted by atomic mass is 9.80. The van der Waals surface area contributed by atoms with Gasteiger partial charge in [0.2, 0.25) is 0 Å². The SMILES string of the molecule is CC(C)CC(I)(CC(C)C(C)C)c1ccc(S(=O)(=O)O)cc1. The minimum absolute atomic E-state index is 0.0205. The number of halogens is 1. The average Bonchev–Trinajstić information content (AvgIpc) is 2.36. The first-order chi connectivity index (χ1) is 9.95. The van der Waals surface area contributed by atoms with E-state index in [0.29, 0.717) is 17.8 Å². The van der Waals surface area contributed by atoms with Crippen LogP contribution in [0.25, 0.3) is 0 Å². The lowest BCUT2D eigenvalue weighted by molar-refractivity contribution is 0.326. The molecule has 0 aliphatic heterocycles. The highest BCUT2D eigenvalue weighted by Crippen LogP contribution is 2.45. The van der Waals surface area contributed by atoms with E-state index in [0.717, 1.165) is 18.4 Å². The molecular weight excluding hydrogens is 411 g/mol. The van der Waals surface area contributed by atoms with Gasteiger partial charge in [0, 0.05) is 3.42 Å². The summed E-state index contributed by atoms with van der Waals surface area (Å²) in [6.07, 6.45) is 2.09. The molecule has 0 fully saturated rings. The van der Waals surface area contributed by atoms with Crippen molar-refractivity contribution in [2.75, 3.05) is 0 Å². The van der Waals surface area contributed by atoms with Gasteiger partial charge in [0.1, 0.15) is 0 Å². The van der Waals surface area contributed by atoms with Crippen LogP contribution in [0.3, 0.4) is 0 Å². The van der Waals surface area contributed by atoms with Gasteiger partial charge in [-0.05, 0) is 48.3 Å². The van der Waals surface area contributed by atoms with Crippen LogP contribution in [0.1, 0.15) is 53.0 Å². The van der Waals surface area contributed by atoms with E-state index in [9.17, 15) is 8.42 Å². The highest BCUT2D eigenvalue weighted by atomic mass is 127. The molecule has 0 saturated carbocycles. The molecule has 5 heteroatoms. The summed E-state index contributed by atoms with van der Waals surface area (Å²) in [5, 5.41) is 0. The topological polar surface area (TPSA) is 54.4 Å². The van der Waals surface area contributed by atoms with Crippen molar-refractivity contribution in [3.63, 3.8) is 0 Å². The second kappa shape index (κ2) is 7.62. The van der Waals surface area contributed by atoms with Gasteiger partial charge in [-0.15, -0.1) is 0 Å². The van der Waals surface area contributed by atoms with Crippen LogP contribution in [0.5, 0.6) is 0 Å². The molecule has 2 atom stereocenters. The molecule has 0 spiro atoms. The Labute approximate surface area is 148 Å².